The van der Waals surface area contributed by atoms with E-state index in [1.807, 2.05) is 0 Å². The molecule has 2 heterocycles. The van der Waals surface area contributed by atoms with Crippen molar-refractivity contribution >= 4 is 50.2 Å². The van der Waals surface area contributed by atoms with Crippen LogP contribution in [0.15, 0.2) is 16.9 Å². The largest absolute Gasteiger partial charge is 0.394 e. The molecule has 3 rings (SSSR count). The smallest absolute Gasteiger partial charge is 0.180 e. The molecule has 0 radical (unpaired) electrons. The molecule has 1 aliphatic rings. The Morgan fingerprint density at radius 1 is 1.24 bits per heavy atom. The predicted octanol–water partition coefficient (Wildman–Crippen LogP) is 1.72. The molecule has 1 fully saturated rings. The van der Waals surface area contributed by atoms with Crippen molar-refractivity contribution in [3.8, 4) is 0 Å². The number of halogens is 3. The molecule has 6 nitrogen and oxygen atoms in total. The molecule has 0 aliphatic carbocycles. The molecule has 0 spiro atoms. The Hall–Kier alpha value is -0.410. The Balaban J connectivity index is 2.12. The number of hydrogen-bond acceptors (Lipinski definition) is 5. The lowest BCUT2D eigenvalue weighted by Crippen LogP contribution is -2.33. The van der Waals surface area contributed by atoms with E-state index in [0.29, 0.717) is 25.8 Å². The number of rotatable bonds is 2. The molecule has 1 aromatic carbocycles. The number of aromatic nitrogens is 2. The fraction of sp³-hybridized carbons (Fsp3) is 0.417. The van der Waals surface area contributed by atoms with Gasteiger partial charge in [0.15, 0.2) is 11.0 Å². The van der Waals surface area contributed by atoms with Gasteiger partial charge in [-0.2, -0.15) is 0 Å². The van der Waals surface area contributed by atoms with Gasteiger partial charge >= 0.3 is 0 Å². The lowest BCUT2D eigenvalue weighted by Gasteiger charge is -2.18. The molecular formula is C12H11BrCl2N2O4. The average Bonchev–Trinajstić information content (AvgIpc) is 2.89. The van der Waals surface area contributed by atoms with E-state index >= 15 is 0 Å². The van der Waals surface area contributed by atoms with Gasteiger partial charge in [0.25, 0.3) is 0 Å². The third-order valence-electron chi connectivity index (χ3n) is 3.46. The molecule has 0 bridgehead atoms. The molecule has 1 aromatic heterocycles. The van der Waals surface area contributed by atoms with E-state index in [1.165, 1.54) is 0 Å². The van der Waals surface area contributed by atoms with Gasteiger partial charge in [0.1, 0.15) is 18.3 Å². The third kappa shape index (κ3) is 2.46. The molecule has 0 saturated carbocycles. The van der Waals surface area contributed by atoms with Crippen molar-refractivity contribution in [2.45, 2.75) is 24.5 Å². The number of ether oxygens (including phenoxy) is 1. The van der Waals surface area contributed by atoms with Gasteiger partial charge < -0.3 is 20.1 Å². The van der Waals surface area contributed by atoms with Gasteiger partial charge in [-0.25, -0.2) is 4.98 Å². The number of hydrogen-bond donors (Lipinski definition) is 3. The summed E-state index contributed by atoms with van der Waals surface area (Å²) in [6.45, 7) is -0.397. The highest BCUT2D eigenvalue weighted by Gasteiger charge is 2.44. The van der Waals surface area contributed by atoms with E-state index in [1.54, 1.807) is 16.7 Å². The van der Waals surface area contributed by atoms with Crippen LogP contribution in [0.5, 0.6) is 0 Å². The molecule has 1 unspecified atom stereocenters. The van der Waals surface area contributed by atoms with E-state index in [9.17, 15) is 10.2 Å². The first kappa shape index (κ1) is 15.5. The zero-order chi connectivity index (χ0) is 15.3. The number of nitrogens with zero attached hydrogens (tertiary/aromatic N) is 2. The van der Waals surface area contributed by atoms with Crippen molar-refractivity contribution < 1.29 is 20.1 Å². The summed E-state index contributed by atoms with van der Waals surface area (Å²) in [5.41, 5.74) is 1.15. The van der Waals surface area contributed by atoms with Gasteiger partial charge in [0.05, 0.1) is 27.7 Å². The highest BCUT2D eigenvalue weighted by molar-refractivity contribution is 9.10. The molecule has 114 valence electrons. The minimum atomic E-state index is -1.20. The summed E-state index contributed by atoms with van der Waals surface area (Å²) in [4.78, 5) is 4.27. The summed E-state index contributed by atoms with van der Waals surface area (Å²) < 4.78 is 7.46. The Bertz CT molecular complexity index is 695. The lowest BCUT2D eigenvalue weighted by atomic mass is 10.1. The van der Waals surface area contributed by atoms with Crippen molar-refractivity contribution in [2.24, 2.45) is 0 Å². The summed E-state index contributed by atoms with van der Waals surface area (Å²) in [6.07, 6.45) is -4.15. The van der Waals surface area contributed by atoms with Crippen LogP contribution >= 0.6 is 39.1 Å². The molecule has 3 N–H and O–H groups in total. The minimum absolute atomic E-state index is 0.338. The first-order valence-electron chi connectivity index (χ1n) is 6.09. The van der Waals surface area contributed by atoms with Gasteiger partial charge in [0.2, 0.25) is 0 Å². The zero-order valence-corrected chi connectivity index (χ0v) is 13.5. The number of aliphatic hydroxyl groups is 3. The molecule has 1 aliphatic heterocycles. The van der Waals surface area contributed by atoms with Crippen molar-refractivity contribution in [3.05, 3.63) is 26.9 Å². The maximum atomic E-state index is 10.1. The Morgan fingerprint density at radius 3 is 2.52 bits per heavy atom. The highest BCUT2D eigenvalue weighted by Crippen LogP contribution is 2.37. The van der Waals surface area contributed by atoms with E-state index in [2.05, 4.69) is 20.9 Å². The van der Waals surface area contributed by atoms with Crippen molar-refractivity contribution in [3.63, 3.8) is 0 Å². The second-order valence-corrected chi connectivity index (χ2v) is 6.26. The van der Waals surface area contributed by atoms with E-state index < -0.39 is 31.1 Å². The van der Waals surface area contributed by atoms with E-state index in [4.69, 9.17) is 33.0 Å². The monoisotopic (exact) mass is 396 g/mol. The molecule has 9 heteroatoms. The summed E-state index contributed by atoms with van der Waals surface area (Å²) in [6, 6.07) is 3.20. The standard InChI is InChI=1S/C12H11BrCl2N2O4/c13-12-16-6-1-4(14)5(15)2-7(6)17(12)11-10(20)9(19)8(3-18)21-11/h1-2,8-11,18-20H,3H2/t8-,9?,10+,11-/m1/s1. The topological polar surface area (TPSA) is 87.7 Å². The van der Waals surface area contributed by atoms with Crippen LogP contribution in [0.3, 0.4) is 0 Å². The fourth-order valence-corrected chi connectivity index (χ4v) is 3.30. The molecule has 2 aromatic rings. The first-order valence-corrected chi connectivity index (χ1v) is 7.64. The quantitative estimate of drug-likeness (QED) is 0.718. The maximum absolute atomic E-state index is 10.1. The normalized spacial score (nSPS) is 29.4. The predicted molar refractivity (Wildman–Crippen MR) is 80.5 cm³/mol. The van der Waals surface area contributed by atoms with E-state index in [-0.39, 0.29) is 0 Å². The Kier molecular flexibility index (Phi) is 4.17. The van der Waals surface area contributed by atoms with Gasteiger partial charge in [-0.15, -0.1) is 0 Å². The maximum Gasteiger partial charge on any atom is 0.180 e. The zero-order valence-electron chi connectivity index (χ0n) is 10.4. The SMILES string of the molecule is OC[C@H]1O[C@@H](n2c(Br)nc3cc(Cl)c(Cl)cc32)[C@@H](O)C1O. The van der Waals surface area contributed by atoms with Crippen LogP contribution in [0.2, 0.25) is 10.0 Å². The van der Waals surface area contributed by atoms with Crippen LogP contribution in [-0.4, -0.2) is 49.8 Å². The lowest BCUT2D eigenvalue weighted by molar-refractivity contribution is -0.0518. The van der Waals surface area contributed by atoms with Crippen LogP contribution in [0.1, 0.15) is 6.23 Å². The van der Waals surface area contributed by atoms with Crippen molar-refractivity contribution in [2.75, 3.05) is 6.61 Å². The van der Waals surface area contributed by atoms with Crippen LogP contribution in [0, 0.1) is 0 Å². The number of benzene rings is 1. The van der Waals surface area contributed by atoms with Crippen LogP contribution in [0.25, 0.3) is 11.0 Å². The second-order valence-electron chi connectivity index (χ2n) is 4.73. The average molecular weight is 398 g/mol. The van der Waals surface area contributed by atoms with Crippen molar-refractivity contribution in [1.82, 2.24) is 9.55 Å². The molecule has 1 saturated heterocycles. The Morgan fingerprint density at radius 2 is 1.90 bits per heavy atom. The Labute approximate surface area is 138 Å². The number of aliphatic hydroxyl groups excluding tert-OH is 3. The highest BCUT2D eigenvalue weighted by atomic mass is 79.9. The molecule has 21 heavy (non-hydrogen) atoms. The first-order chi connectivity index (χ1) is 9.93. The van der Waals surface area contributed by atoms with Gasteiger partial charge in [-0.3, -0.25) is 4.57 Å². The van der Waals surface area contributed by atoms with Crippen LogP contribution in [-0.2, 0) is 4.74 Å². The molecule has 4 atom stereocenters. The van der Waals surface area contributed by atoms with Crippen molar-refractivity contribution in [1.29, 1.82) is 0 Å². The summed E-state index contributed by atoms with van der Waals surface area (Å²) in [5.74, 6) is 0. The third-order valence-corrected chi connectivity index (χ3v) is 4.74. The summed E-state index contributed by atoms with van der Waals surface area (Å²) in [5, 5.41) is 29.8. The van der Waals surface area contributed by atoms with Crippen LogP contribution in [0.4, 0.5) is 0 Å². The fourth-order valence-electron chi connectivity index (χ4n) is 2.40. The van der Waals surface area contributed by atoms with Gasteiger partial charge in [-0.05, 0) is 28.1 Å². The van der Waals surface area contributed by atoms with Gasteiger partial charge in [0, 0.05) is 0 Å². The summed E-state index contributed by atoms with van der Waals surface area (Å²) in [7, 11) is 0. The molecule has 0 amide bonds. The summed E-state index contributed by atoms with van der Waals surface area (Å²) >= 11 is 15.3. The van der Waals surface area contributed by atoms with Gasteiger partial charge in [-0.1, -0.05) is 23.2 Å². The minimum Gasteiger partial charge on any atom is -0.394 e. The second kappa shape index (κ2) is 5.66. The molecular weight excluding hydrogens is 387 g/mol. The number of imidazole rings is 1. The number of fused-ring (bicyclic) bond motifs is 1. The van der Waals surface area contributed by atoms with Crippen LogP contribution < -0.4 is 0 Å². The van der Waals surface area contributed by atoms with E-state index in [0.717, 1.165) is 0 Å².